The summed E-state index contributed by atoms with van der Waals surface area (Å²) in [6.45, 7) is 0.571. The number of thiazole rings is 1. The normalized spacial score (nSPS) is 11.2. The zero-order valence-electron chi connectivity index (χ0n) is 20.6. The van der Waals surface area contributed by atoms with Crippen molar-refractivity contribution in [2.24, 2.45) is 7.05 Å². The molecule has 2 aromatic carbocycles. The molecular formula is C23H17Cl2F2N9O3S. The summed E-state index contributed by atoms with van der Waals surface area (Å²) in [5.41, 5.74) is -1.21. The van der Waals surface area contributed by atoms with Gasteiger partial charge in [-0.2, -0.15) is 10.1 Å². The number of hydrogen-bond donors (Lipinski definition) is 2. The molecule has 0 saturated heterocycles. The van der Waals surface area contributed by atoms with Crippen molar-refractivity contribution in [3.8, 4) is 0 Å². The Balaban J connectivity index is 1.61. The number of carbonyl (C=O) groups excluding carboxylic acids is 1. The van der Waals surface area contributed by atoms with E-state index < -0.39 is 29.6 Å². The maximum atomic E-state index is 14.7. The highest BCUT2D eigenvalue weighted by Gasteiger charge is 2.19. The molecule has 0 aliphatic rings. The first-order valence-corrected chi connectivity index (χ1v) is 12.9. The van der Waals surface area contributed by atoms with Gasteiger partial charge in [-0.25, -0.2) is 32.9 Å². The average Bonchev–Trinajstić information content (AvgIpc) is 3.46. The Hall–Kier alpha value is -4.21. The number of halogens is 4. The van der Waals surface area contributed by atoms with E-state index in [1.54, 1.807) is 13.1 Å². The van der Waals surface area contributed by atoms with Crippen LogP contribution in [-0.4, -0.2) is 39.8 Å². The van der Waals surface area contributed by atoms with E-state index in [0.29, 0.717) is 21.4 Å². The third-order valence-corrected chi connectivity index (χ3v) is 7.06. The first-order chi connectivity index (χ1) is 19.0. The first-order valence-electron chi connectivity index (χ1n) is 11.3. The van der Waals surface area contributed by atoms with Crippen LogP contribution in [0.1, 0.15) is 18.3 Å². The molecule has 0 fully saturated rings. The third kappa shape index (κ3) is 5.57. The second-order valence-corrected chi connectivity index (χ2v) is 10.3. The number of benzene rings is 2. The van der Waals surface area contributed by atoms with Crippen LogP contribution >= 0.6 is 34.5 Å². The Morgan fingerprint density at radius 1 is 1.02 bits per heavy atom. The Labute approximate surface area is 236 Å². The lowest BCUT2D eigenvalue weighted by molar-refractivity contribution is -0.114. The van der Waals surface area contributed by atoms with Crippen molar-refractivity contribution >= 4 is 67.4 Å². The number of anilines is 3. The van der Waals surface area contributed by atoms with Crippen LogP contribution in [0.2, 0.25) is 10.0 Å². The fourth-order valence-electron chi connectivity index (χ4n) is 3.72. The fraction of sp³-hybridized carbons (Fsp3) is 0.174. The maximum Gasteiger partial charge on any atom is 0.355 e. The number of aromatic nitrogens is 7. The standard InChI is InChI=1S/C23H17Cl2F2N9O3S/c1-10(37)29-21-31-17-4-13(25)16(6-18(17)40-21)30-20-32-22(38)36(8-19-28-9-34(2)33-19)23(39)35(20)7-11-3-12(24)15(27)5-14(11)26/h3-6,9H,7-8H2,1-2H3,(H,29,31,37)(H,30,32,38). The summed E-state index contributed by atoms with van der Waals surface area (Å²) in [6, 6.07) is 4.75. The zero-order chi connectivity index (χ0) is 28.7. The van der Waals surface area contributed by atoms with Crippen molar-refractivity contribution in [2.45, 2.75) is 20.0 Å². The molecule has 0 unspecified atom stereocenters. The van der Waals surface area contributed by atoms with Gasteiger partial charge in [-0.3, -0.25) is 14.0 Å². The van der Waals surface area contributed by atoms with Gasteiger partial charge < -0.3 is 10.6 Å². The second-order valence-electron chi connectivity index (χ2n) is 8.49. The Morgan fingerprint density at radius 3 is 2.50 bits per heavy atom. The van der Waals surface area contributed by atoms with Crippen LogP contribution in [0.4, 0.5) is 25.5 Å². The molecule has 12 nitrogen and oxygen atoms in total. The Bertz CT molecular complexity index is 1920. The minimum atomic E-state index is -0.971. The Kier molecular flexibility index (Phi) is 7.35. The minimum Gasteiger partial charge on any atom is -0.324 e. The monoisotopic (exact) mass is 607 g/mol. The number of aryl methyl sites for hydroxylation is 1. The van der Waals surface area contributed by atoms with Gasteiger partial charge in [-0.15, -0.1) is 0 Å². The van der Waals surface area contributed by atoms with E-state index in [0.717, 1.165) is 15.2 Å². The molecule has 0 aliphatic carbocycles. The van der Waals surface area contributed by atoms with Gasteiger partial charge in [-0.1, -0.05) is 34.5 Å². The minimum absolute atomic E-state index is 0.136. The number of rotatable bonds is 7. The van der Waals surface area contributed by atoms with Crippen molar-refractivity contribution < 1.29 is 13.6 Å². The SMILES string of the molecule is CC(=O)Nc1nc2cc(Cl)c(Nc3nc(=O)n(Cc4ncn(C)n4)c(=O)n3Cc3cc(Cl)c(F)cc3F)cc2s1. The summed E-state index contributed by atoms with van der Waals surface area (Å²) in [4.78, 5) is 50.2. The molecule has 5 aromatic rings. The van der Waals surface area contributed by atoms with Gasteiger partial charge in [0.05, 0.1) is 39.0 Å². The van der Waals surface area contributed by atoms with E-state index in [4.69, 9.17) is 23.2 Å². The van der Waals surface area contributed by atoms with Gasteiger partial charge >= 0.3 is 11.4 Å². The molecule has 3 aromatic heterocycles. The van der Waals surface area contributed by atoms with Crippen LogP contribution in [0.3, 0.4) is 0 Å². The summed E-state index contributed by atoms with van der Waals surface area (Å²) < 4.78 is 32.2. The van der Waals surface area contributed by atoms with Gasteiger partial charge in [0.15, 0.2) is 11.0 Å². The number of fused-ring (bicyclic) bond motifs is 1. The predicted octanol–water partition coefficient (Wildman–Crippen LogP) is 3.53. The number of carbonyl (C=O) groups is 1. The molecule has 40 heavy (non-hydrogen) atoms. The molecule has 0 aliphatic heterocycles. The topological polar surface area (TPSA) is 142 Å². The summed E-state index contributed by atoms with van der Waals surface area (Å²) in [5, 5.41) is 9.68. The molecule has 5 rings (SSSR count). The van der Waals surface area contributed by atoms with Crippen molar-refractivity contribution in [3.63, 3.8) is 0 Å². The molecule has 17 heteroatoms. The van der Waals surface area contributed by atoms with Gasteiger partial charge in [0.2, 0.25) is 11.9 Å². The van der Waals surface area contributed by atoms with E-state index >= 15 is 0 Å². The largest absolute Gasteiger partial charge is 0.355 e. The highest BCUT2D eigenvalue weighted by Crippen LogP contribution is 2.34. The molecular weight excluding hydrogens is 591 g/mol. The number of nitrogens with zero attached hydrogens (tertiary/aromatic N) is 7. The van der Waals surface area contributed by atoms with Crippen LogP contribution < -0.4 is 22.0 Å². The van der Waals surface area contributed by atoms with E-state index in [1.807, 2.05) is 0 Å². The molecule has 2 N–H and O–H groups in total. The zero-order valence-corrected chi connectivity index (χ0v) is 22.9. The predicted molar refractivity (Wildman–Crippen MR) is 146 cm³/mol. The fourth-order valence-corrected chi connectivity index (χ4v) is 5.05. The highest BCUT2D eigenvalue weighted by atomic mass is 35.5. The molecule has 0 bridgehead atoms. The van der Waals surface area contributed by atoms with Crippen LogP contribution in [0.15, 0.2) is 40.2 Å². The van der Waals surface area contributed by atoms with Crippen molar-refractivity contribution in [2.75, 3.05) is 10.6 Å². The van der Waals surface area contributed by atoms with Crippen molar-refractivity contribution in [1.29, 1.82) is 0 Å². The van der Waals surface area contributed by atoms with E-state index in [1.165, 1.54) is 35.3 Å². The molecule has 1 amide bonds. The van der Waals surface area contributed by atoms with E-state index in [-0.39, 0.29) is 45.5 Å². The maximum absolute atomic E-state index is 14.7. The van der Waals surface area contributed by atoms with Crippen LogP contribution in [0, 0.1) is 11.6 Å². The summed E-state index contributed by atoms with van der Waals surface area (Å²) in [5.74, 6) is -2.33. The summed E-state index contributed by atoms with van der Waals surface area (Å²) >= 11 is 13.5. The molecule has 0 radical (unpaired) electrons. The lowest BCUT2D eigenvalue weighted by Gasteiger charge is -2.16. The average molecular weight is 608 g/mol. The molecule has 0 spiro atoms. The third-order valence-electron chi connectivity index (χ3n) is 5.52. The van der Waals surface area contributed by atoms with Gasteiger partial charge in [-0.05, 0) is 18.2 Å². The highest BCUT2D eigenvalue weighted by molar-refractivity contribution is 7.22. The van der Waals surface area contributed by atoms with E-state index in [9.17, 15) is 23.2 Å². The van der Waals surface area contributed by atoms with Gasteiger partial charge in [0.25, 0.3) is 0 Å². The molecule has 206 valence electrons. The summed E-state index contributed by atoms with van der Waals surface area (Å²) in [6.07, 6.45) is 1.40. The van der Waals surface area contributed by atoms with Crippen molar-refractivity contribution in [1.82, 2.24) is 33.9 Å². The number of amides is 1. The number of hydrogen-bond acceptors (Lipinski definition) is 9. The van der Waals surface area contributed by atoms with E-state index in [2.05, 4.69) is 30.7 Å². The smallest absolute Gasteiger partial charge is 0.324 e. The van der Waals surface area contributed by atoms with Gasteiger partial charge in [0.1, 0.15) is 18.0 Å². The molecule has 3 heterocycles. The lowest BCUT2D eigenvalue weighted by atomic mass is 10.2. The number of nitrogens with one attached hydrogen (secondary N) is 2. The molecule has 0 atom stereocenters. The quantitative estimate of drug-likeness (QED) is 0.268. The Morgan fingerprint density at radius 2 is 1.80 bits per heavy atom. The summed E-state index contributed by atoms with van der Waals surface area (Å²) in [7, 11) is 1.62. The first kappa shape index (κ1) is 27.4. The van der Waals surface area contributed by atoms with Crippen LogP contribution in [0.5, 0.6) is 0 Å². The van der Waals surface area contributed by atoms with Crippen molar-refractivity contribution in [3.05, 3.63) is 84.6 Å². The van der Waals surface area contributed by atoms with Crippen LogP contribution in [0.25, 0.3) is 10.2 Å². The molecule has 0 saturated carbocycles. The second kappa shape index (κ2) is 10.7. The van der Waals surface area contributed by atoms with Gasteiger partial charge in [0, 0.05) is 25.6 Å². The van der Waals surface area contributed by atoms with Crippen LogP contribution in [-0.2, 0) is 24.9 Å². The lowest BCUT2D eigenvalue weighted by Crippen LogP contribution is -2.43.